The van der Waals surface area contributed by atoms with Crippen LogP contribution in [0.4, 0.5) is 5.82 Å². The molecule has 1 fully saturated rings. The molecule has 1 N–H and O–H groups in total. The molecule has 7 nitrogen and oxygen atoms in total. The van der Waals surface area contributed by atoms with Crippen LogP contribution in [0.15, 0.2) is 36.4 Å². The quantitative estimate of drug-likeness (QED) is 0.912. The highest BCUT2D eigenvalue weighted by Crippen LogP contribution is 2.16. The van der Waals surface area contributed by atoms with Crippen LogP contribution in [0.5, 0.6) is 0 Å². The molecule has 1 aromatic heterocycles. The second-order valence-electron chi connectivity index (χ2n) is 5.82. The Kier molecular flexibility index (Phi) is 4.61. The SMILES string of the molecule is Cc1cc(NC(=O)C2COCC(=O)N2Cc2ccccc2)n(C)n1. The predicted molar refractivity (Wildman–Crippen MR) is 88.2 cm³/mol. The van der Waals surface area contributed by atoms with Gasteiger partial charge < -0.3 is 15.0 Å². The van der Waals surface area contributed by atoms with Crippen molar-refractivity contribution in [2.45, 2.75) is 19.5 Å². The molecule has 1 aliphatic rings. The molecule has 126 valence electrons. The van der Waals surface area contributed by atoms with Crippen LogP contribution in [0.25, 0.3) is 0 Å². The summed E-state index contributed by atoms with van der Waals surface area (Å²) in [6, 6.07) is 10.7. The van der Waals surface area contributed by atoms with Gasteiger partial charge in [0.2, 0.25) is 5.91 Å². The molecule has 0 spiro atoms. The van der Waals surface area contributed by atoms with E-state index in [9.17, 15) is 9.59 Å². The van der Waals surface area contributed by atoms with Gasteiger partial charge in [-0.2, -0.15) is 5.10 Å². The zero-order chi connectivity index (χ0) is 17.1. The number of nitrogens with zero attached hydrogens (tertiary/aromatic N) is 3. The fourth-order valence-electron chi connectivity index (χ4n) is 2.74. The fraction of sp³-hybridized carbons (Fsp3) is 0.353. The van der Waals surface area contributed by atoms with Crippen LogP contribution in [0.2, 0.25) is 0 Å². The van der Waals surface area contributed by atoms with E-state index in [1.165, 1.54) is 0 Å². The first-order valence-corrected chi connectivity index (χ1v) is 7.77. The molecular formula is C17H20N4O3. The number of carbonyl (C=O) groups excluding carboxylic acids is 2. The number of anilines is 1. The molecule has 0 bridgehead atoms. The van der Waals surface area contributed by atoms with Gasteiger partial charge in [0.25, 0.3) is 5.91 Å². The minimum absolute atomic E-state index is 0.00142. The number of carbonyl (C=O) groups is 2. The van der Waals surface area contributed by atoms with Crippen molar-refractivity contribution in [1.29, 1.82) is 0 Å². The van der Waals surface area contributed by atoms with Crippen molar-refractivity contribution in [3.05, 3.63) is 47.7 Å². The van der Waals surface area contributed by atoms with Gasteiger partial charge in [0, 0.05) is 19.7 Å². The standard InChI is InChI=1S/C17H20N4O3/c1-12-8-15(20(2)19-12)18-17(23)14-10-24-11-16(22)21(14)9-13-6-4-3-5-7-13/h3-8,14H,9-11H2,1-2H3,(H,18,23). The van der Waals surface area contributed by atoms with E-state index in [1.807, 2.05) is 37.3 Å². The van der Waals surface area contributed by atoms with Gasteiger partial charge in [0.15, 0.2) is 0 Å². The molecule has 3 rings (SSSR count). The first-order valence-electron chi connectivity index (χ1n) is 7.77. The normalized spacial score (nSPS) is 17.8. The number of nitrogens with one attached hydrogen (secondary N) is 1. The molecule has 24 heavy (non-hydrogen) atoms. The molecule has 0 radical (unpaired) electrons. The molecular weight excluding hydrogens is 308 g/mol. The summed E-state index contributed by atoms with van der Waals surface area (Å²) in [5.41, 5.74) is 1.78. The van der Waals surface area contributed by atoms with Crippen molar-refractivity contribution in [2.24, 2.45) is 7.05 Å². The number of aromatic nitrogens is 2. The number of aryl methyl sites for hydroxylation is 2. The maximum Gasteiger partial charge on any atom is 0.250 e. The van der Waals surface area contributed by atoms with E-state index < -0.39 is 6.04 Å². The Bertz CT molecular complexity index is 742. The van der Waals surface area contributed by atoms with E-state index in [1.54, 1.807) is 22.7 Å². The van der Waals surface area contributed by atoms with E-state index in [0.29, 0.717) is 12.4 Å². The Labute approximate surface area is 140 Å². The first kappa shape index (κ1) is 16.2. The van der Waals surface area contributed by atoms with E-state index in [4.69, 9.17) is 4.74 Å². The molecule has 2 heterocycles. The third-order valence-electron chi connectivity index (χ3n) is 3.95. The summed E-state index contributed by atoms with van der Waals surface area (Å²) in [4.78, 5) is 26.5. The molecule has 0 saturated carbocycles. The topological polar surface area (TPSA) is 76.5 Å². The van der Waals surface area contributed by atoms with Crippen LogP contribution in [0.3, 0.4) is 0 Å². The molecule has 7 heteroatoms. The summed E-state index contributed by atoms with van der Waals surface area (Å²) < 4.78 is 6.88. The van der Waals surface area contributed by atoms with Crippen LogP contribution in [0, 0.1) is 6.92 Å². The van der Waals surface area contributed by atoms with E-state index >= 15 is 0 Å². The number of hydrogen-bond acceptors (Lipinski definition) is 4. The number of rotatable bonds is 4. The molecule has 1 aliphatic heterocycles. The third-order valence-corrected chi connectivity index (χ3v) is 3.95. The number of morpholine rings is 1. The van der Waals surface area contributed by atoms with E-state index in [0.717, 1.165) is 11.3 Å². The predicted octanol–water partition coefficient (Wildman–Crippen LogP) is 1.09. The highest BCUT2D eigenvalue weighted by atomic mass is 16.5. The van der Waals surface area contributed by atoms with Crippen molar-refractivity contribution >= 4 is 17.6 Å². The lowest BCUT2D eigenvalue weighted by molar-refractivity contribution is -0.154. The molecule has 1 saturated heterocycles. The third kappa shape index (κ3) is 3.46. The molecule has 1 aromatic carbocycles. The van der Waals surface area contributed by atoms with Gasteiger partial charge >= 0.3 is 0 Å². The van der Waals surface area contributed by atoms with Gasteiger partial charge in [-0.1, -0.05) is 30.3 Å². The number of amides is 2. The summed E-state index contributed by atoms with van der Waals surface area (Å²) in [5, 5.41) is 7.03. The molecule has 0 aliphatic carbocycles. The second kappa shape index (κ2) is 6.84. The lowest BCUT2D eigenvalue weighted by Gasteiger charge is -2.34. The highest BCUT2D eigenvalue weighted by Gasteiger charge is 2.34. The van der Waals surface area contributed by atoms with Gasteiger partial charge in [0.05, 0.1) is 12.3 Å². The smallest absolute Gasteiger partial charge is 0.250 e. The number of ether oxygens (including phenoxy) is 1. The van der Waals surface area contributed by atoms with E-state index in [-0.39, 0.29) is 25.0 Å². The van der Waals surface area contributed by atoms with Crippen molar-refractivity contribution < 1.29 is 14.3 Å². The molecule has 2 amide bonds. The Morgan fingerprint density at radius 1 is 1.38 bits per heavy atom. The van der Waals surface area contributed by atoms with Crippen molar-refractivity contribution in [3.8, 4) is 0 Å². The van der Waals surface area contributed by atoms with Gasteiger partial charge in [-0.05, 0) is 12.5 Å². The summed E-state index contributed by atoms with van der Waals surface area (Å²) in [7, 11) is 1.76. The molecule has 1 atom stereocenters. The van der Waals surface area contributed by atoms with Gasteiger partial charge in [-0.15, -0.1) is 0 Å². The van der Waals surface area contributed by atoms with Crippen LogP contribution in [-0.4, -0.2) is 45.8 Å². The maximum absolute atomic E-state index is 12.6. The summed E-state index contributed by atoms with van der Waals surface area (Å²) in [6.45, 7) is 2.42. The van der Waals surface area contributed by atoms with Crippen LogP contribution < -0.4 is 5.32 Å². The van der Waals surface area contributed by atoms with Crippen LogP contribution in [0.1, 0.15) is 11.3 Å². The van der Waals surface area contributed by atoms with Crippen molar-refractivity contribution in [2.75, 3.05) is 18.5 Å². The lowest BCUT2D eigenvalue weighted by atomic mass is 10.1. The van der Waals surface area contributed by atoms with Crippen LogP contribution in [-0.2, 0) is 27.9 Å². The van der Waals surface area contributed by atoms with Gasteiger partial charge in [-0.25, -0.2) is 0 Å². The lowest BCUT2D eigenvalue weighted by Crippen LogP contribution is -2.54. The minimum Gasteiger partial charge on any atom is -0.369 e. The largest absolute Gasteiger partial charge is 0.369 e. The van der Waals surface area contributed by atoms with Gasteiger partial charge in [-0.3, -0.25) is 14.3 Å². The first-order chi connectivity index (χ1) is 11.5. The molecule has 1 unspecified atom stereocenters. The fourth-order valence-corrected chi connectivity index (χ4v) is 2.74. The second-order valence-corrected chi connectivity index (χ2v) is 5.82. The van der Waals surface area contributed by atoms with Crippen LogP contribution >= 0.6 is 0 Å². The Morgan fingerprint density at radius 3 is 2.79 bits per heavy atom. The Morgan fingerprint density at radius 2 is 2.12 bits per heavy atom. The van der Waals surface area contributed by atoms with Crippen molar-refractivity contribution in [1.82, 2.24) is 14.7 Å². The minimum atomic E-state index is -0.665. The van der Waals surface area contributed by atoms with E-state index in [2.05, 4.69) is 10.4 Å². The van der Waals surface area contributed by atoms with Crippen molar-refractivity contribution in [3.63, 3.8) is 0 Å². The highest BCUT2D eigenvalue weighted by molar-refractivity contribution is 5.97. The number of benzene rings is 1. The average molecular weight is 328 g/mol. The number of hydrogen-bond donors (Lipinski definition) is 1. The molecule has 2 aromatic rings. The maximum atomic E-state index is 12.6. The monoisotopic (exact) mass is 328 g/mol. The summed E-state index contributed by atoms with van der Waals surface area (Å²) >= 11 is 0. The zero-order valence-electron chi connectivity index (χ0n) is 13.7. The van der Waals surface area contributed by atoms with Gasteiger partial charge in [0.1, 0.15) is 18.5 Å². The average Bonchev–Trinajstić information content (AvgIpc) is 2.87. The Hall–Kier alpha value is -2.67. The zero-order valence-corrected chi connectivity index (χ0v) is 13.7. The summed E-state index contributed by atoms with van der Waals surface area (Å²) in [6.07, 6.45) is 0. The summed E-state index contributed by atoms with van der Waals surface area (Å²) in [5.74, 6) is 0.128. The Balaban J connectivity index is 1.76.